The van der Waals surface area contributed by atoms with E-state index in [1.807, 2.05) is 20.8 Å². The minimum Gasteiger partial charge on any atom is -1.00 e. The second-order valence-electron chi connectivity index (χ2n) is 6.94. The highest BCUT2D eigenvalue weighted by molar-refractivity contribution is 7.92. The summed E-state index contributed by atoms with van der Waals surface area (Å²) in [5, 5.41) is 21.7. The van der Waals surface area contributed by atoms with Gasteiger partial charge in [-0.1, -0.05) is 23.8 Å². The first-order valence-electron chi connectivity index (χ1n) is 9.54. The van der Waals surface area contributed by atoms with Crippen molar-refractivity contribution < 1.29 is 35.8 Å². The van der Waals surface area contributed by atoms with Crippen LogP contribution in [0.5, 0.6) is 0 Å². The summed E-state index contributed by atoms with van der Waals surface area (Å²) in [4.78, 5) is 11.8. The van der Waals surface area contributed by atoms with Crippen molar-refractivity contribution in [1.29, 1.82) is 0 Å². The molecule has 1 unspecified atom stereocenters. The zero-order valence-corrected chi connectivity index (χ0v) is 18.9. The zero-order valence-electron chi connectivity index (χ0n) is 17.3. The van der Waals surface area contributed by atoms with Gasteiger partial charge in [-0.05, 0) is 39.0 Å². The Morgan fingerprint density at radius 2 is 1.73 bits per heavy atom. The van der Waals surface area contributed by atoms with Crippen LogP contribution >= 0.6 is 0 Å². The van der Waals surface area contributed by atoms with Gasteiger partial charge in [0.05, 0.1) is 35.1 Å². The van der Waals surface area contributed by atoms with Crippen molar-refractivity contribution in [3.8, 4) is 0 Å². The van der Waals surface area contributed by atoms with Crippen LogP contribution < -0.4 is 21.6 Å². The lowest BCUT2D eigenvalue weighted by atomic mass is 10.2. The van der Waals surface area contributed by atoms with Crippen LogP contribution in [0.15, 0.2) is 53.4 Å². The molecule has 0 aliphatic rings. The number of halogens is 1. The summed E-state index contributed by atoms with van der Waals surface area (Å²) in [6.07, 6.45) is -0.926. The first kappa shape index (κ1) is 25.8. The summed E-state index contributed by atoms with van der Waals surface area (Å²) in [6.45, 7) is 7.62. The van der Waals surface area contributed by atoms with Gasteiger partial charge in [-0.25, -0.2) is 8.42 Å². The highest BCUT2D eigenvalue weighted by Gasteiger charge is 2.29. The molecular weight excluding hydrogens is 430 g/mol. The molecule has 30 heavy (non-hydrogen) atoms. The molecule has 0 radical (unpaired) electrons. The van der Waals surface area contributed by atoms with Crippen molar-refractivity contribution in [2.75, 3.05) is 30.5 Å². The van der Waals surface area contributed by atoms with Crippen molar-refractivity contribution in [2.24, 2.45) is 0 Å². The fourth-order valence-corrected chi connectivity index (χ4v) is 4.56. The lowest BCUT2D eigenvalue weighted by molar-refractivity contribution is -0.899. The van der Waals surface area contributed by atoms with Gasteiger partial charge in [-0.2, -0.15) is 0 Å². The molecule has 0 aliphatic carbocycles. The largest absolute Gasteiger partial charge is 1.00 e. The number of hydrogen-bond acceptors (Lipinski definition) is 5. The number of anilines is 1. The topological polar surface area (TPSA) is 105 Å². The molecule has 0 saturated carbocycles. The monoisotopic (exact) mass is 457 g/mol. The van der Waals surface area contributed by atoms with E-state index >= 15 is 0 Å². The summed E-state index contributed by atoms with van der Waals surface area (Å²) in [7, 11) is -4.02. The molecule has 2 N–H and O–H groups in total. The molecule has 0 amide bonds. The Labute approximate surface area is 183 Å². The Hall–Kier alpha value is -2.20. The van der Waals surface area contributed by atoms with E-state index in [1.54, 1.807) is 12.1 Å². The predicted molar refractivity (Wildman–Crippen MR) is 112 cm³/mol. The zero-order chi connectivity index (χ0) is 21.6. The van der Waals surface area contributed by atoms with Crippen LogP contribution in [0.1, 0.15) is 19.4 Å². The molecule has 0 saturated heterocycles. The van der Waals surface area contributed by atoms with E-state index in [2.05, 4.69) is 0 Å². The van der Waals surface area contributed by atoms with E-state index in [0.29, 0.717) is 6.54 Å². The maximum Gasteiger partial charge on any atom is 0.271 e. The number of likely N-dealkylation sites (N-methyl/N-ethyl adjacent to an activating group) is 1. The molecule has 0 aliphatic heterocycles. The number of hydrogen-bond donors (Lipinski definition) is 2. The minimum absolute atomic E-state index is 0. The number of aliphatic hydroxyl groups excluding tert-OH is 1. The second kappa shape index (κ2) is 11.3. The SMILES string of the molecule is CC[NH+](CC)CC(O)CN(c1cccc([N+](=O)[O-])c1)S(=O)(=O)c1ccc(C)cc1.[Cl-]. The summed E-state index contributed by atoms with van der Waals surface area (Å²) < 4.78 is 27.7. The fraction of sp³-hybridized carbons (Fsp3) is 0.400. The summed E-state index contributed by atoms with van der Waals surface area (Å²) in [5.41, 5.74) is 0.847. The van der Waals surface area contributed by atoms with Crippen LogP contribution in [0.2, 0.25) is 0 Å². The Bertz CT molecular complexity index is 934. The average molecular weight is 458 g/mol. The fourth-order valence-electron chi connectivity index (χ4n) is 3.07. The molecule has 2 aromatic carbocycles. The number of nitrogens with one attached hydrogen (secondary N) is 1. The summed E-state index contributed by atoms with van der Waals surface area (Å²) in [6, 6.07) is 11.8. The van der Waals surface area contributed by atoms with Gasteiger partial charge < -0.3 is 22.4 Å². The lowest BCUT2D eigenvalue weighted by Gasteiger charge is -2.28. The highest BCUT2D eigenvalue weighted by atomic mass is 35.5. The smallest absolute Gasteiger partial charge is 0.271 e. The number of aliphatic hydroxyl groups is 1. The molecule has 0 aromatic heterocycles. The maximum absolute atomic E-state index is 13.3. The van der Waals surface area contributed by atoms with Crippen LogP contribution in [-0.4, -0.2) is 50.7 Å². The summed E-state index contributed by atoms with van der Waals surface area (Å²) >= 11 is 0. The Morgan fingerprint density at radius 3 is 2.27 bits per heavy atom. The number of aryl methyl sites for hydroxylation is 1. The Balaban J connectivity index is 0.00000450. The molecule has 10 heteroatoms. The van der Waals surface area contributed by atoms with E-state index in [1.165, 1.54) is 36.4 Å². The van der Waals surface area contributed by atoms with Crippen molar-refractivity contribution in [3.63, 3.8) is 0 Å². The number of sulfonamides is 1. The van der Waals surface area contributed by atoms with Gasteiger partial charge in [0.15, 0.2) is 0 Å². The van der Waals surface area contributed by atoms with Gasteiger partial charge in [0.2, 0.25) is 0 Å². The van der Waals surface area contributed by atoms with E-state index in [4.69, 9.17) is 0 Å². The van der Waals surface area contributed by atoms with Gasteiger partial charge in [0.25, 0.3) is 15.7 Å². The third-order valence-corrected chi connectivity index (χ3v) is 6.65. The van der Waals surface area contributed by atoms with Gasteiger partial charge in [-0.15, -0.1) is 0 Å². The minimum atomic E-state index is -4.02. The van der Waals surface area contributed by atoms with Crippen LogP contribution in [0.4, 0.5) is 11.4 Å². The van der Waals surface area contributed by atoms with Crippen LogP contribution in [0.3, 0.4) is 0 Å². The molecule has 1 atom stereocenters. The number of rotatable bonds is 10. The number of quaternary nitrogens is 1. The number of nitro benzene ring substituents is 1. The normalized spacial score (nSPS) is 12.3. The van der Waals surface area contributed by atoms with Crippen molar-refractivity contribution in [1.82, 2.24) is 0 Å². The first-order chi connectivity index (χ1) is 13.7. The van der Waals surface area contributed by atoms with Crippen LogP contribution in [-0.2, 0) is 10.0 Å². The molecule has 0 fully saturated rings. The van der Waals surface area contributed by atoms with Crippen molar-refractivity contribution >= 4 is 21.4 Å². The third kappa shape index (κ3) is 6.40. The Kier molecular flexibility index (Phi) is 9.70. The maximum atomic E-state index is 13.3. The summed E-state index contributed by atoms with van der Waals surface area (Å²) in [5.74, 6) is 0. The van der Waals surface area contributed by atoms with E-state index in [9.17, 15) is 23.6 Å². The van der Waals surface area contributed by atoms with E-state index in [0.717, 1.165) is 27.9 Å². The number of non-ortho nitro benzene ring substituents is 1. The van der Waals surface area contributed by atoms with Crippen molar-refractivity contribution in [3.05, 3.63) is 64.2 Å². The molecular formula is C20H28ClN3O5S. The second-order valence-corrected chi connectivity index (χ2v) is 8.80. The van der Waals surface area contributed by atoms with Crippen LogP contribution in [0.25, 0.3) is 0 Å². The van der Waals surface area contributed by atoms with Gasteiger partial charge >= 0.3 is 0 Å². The first-order valence-corrected chi connectivity index (χ1v) is 11.0. The van der Waals surface area contributed by atoms with Gasteiger partial charge in [-0.3, -0.25) is 14.4 Å². The predicted octanol–water partition coefficient (Wildman–Crippen LogP) is -1.61. The molecule has 0 spiro atoms. The van der Waals surface area contributed by atoms with Crippen LogP contribution in [0, 0.1) is 17.0 Å². The average Bonchev–Trinajstić information content (AvgIpc) is 2.70. The third-order valence-electron chi connectivity index (χ3n) is 4.84. The number of benzene rings is 2. The Morgan fingerprint density at radius 1 is 1.13 bits per heavy atom. The lowest BCUT2D eigenvalue weighted by Crippen LogP contribution is -3.12. The quantitative estimate of drug-likeness (QED) is 0.330. The standard InChI is InChI=1S/C20H27N3O5S.ClH/c1-4-21(5-2)14-19(24)15-22(17-7-6-8-18(13-17)23(25)26)29(27,28)20-11-9-16(3)10-12-20;/h6-13,19,24H,4-5,14-15H2,1-3H3;1H. The molecule has 0 heterocycles. The molecule has 8 nitrogen and oxygen atoms in total. The number of nitro groups is 1. The molecule has 2 aromatic rings. The molecule has 2 rings (SSSR count). The van der Waals surface area contributed by atoms with E-state index in [-0.39, 0.29) is 35.2 Å². The highest BCUT2D eigenvalue weighted by Crippen LogP contribution is 2.27. The molecule has 166 valence electrons. The van der Waals surface area contributed by atoms with E-state index < -0.39 is 21.1 Å². The van der Waals surface area contributed by atoms with Crippen molar-refractivity contribution in [2.45, 2.75) is 31.8 Å². The van der Waals surface area contributed by atoms with Gasteiger partial charge in [0.1, 0.15) is 12.6 Å². The van der Waals surface area contributed by atoms with Gasteiger partial charge in [0, 0.05) is 12.1 Å². The molecule has 0 bridgehead atoms. The number of nitrogens with zero attached hydrogens (tertiary/aromatic N) is 2.